The molecule has 0 aliphatic carbocycles. The number of nitrogens with one attached hydrogen (secondary N) is 1. The molecule has 24 heavy (non-hydrogen) atoms. The van der Waals surface area contributed by atoms with Crippen molar-refractivity contribution in [2.45, 2.75) is 0 Å². The summed E-state index contributed by atoms with van der Waals surface area (Å²) in [6.07, 6.45) is 0. The van der Waals surface area contributed by atoms with Gasteiger partial charge in [-0.2, -0.15) is 0 Å². The Bertz CT molecular complexity index is 1110. The van der Waals surface area contributed by atoms with E-state index >= 15 is 0 Å². The first-order chi connectivity index (χ1) is 11.6. The number of hydrogen-bond acceptors (Lipinski definition) is 3. The molecule has 4 nitrogen and oxygen atoms in total. The highest BCUT2D eigenvalue weighted by molar-refractivity contribution is 6.03. The standard InChI is InChI=1S/C20H17N3O/c1-23(2)18-12-11-15(13-7-3-4-8-14(13)18)19-21-17-10-6-5-9-16(17)20(24)22-19/h3-12H,1-2H3,(H,21,22,24). The maximum absolute atomic E-state index is 12.4. The van der Waals surface area contributed by atoms with Crippen LogP contribution in [0.4, 0.5) is 5.69 Å². The summed E-state index contributed by atoms with van der Waals surface area (Å²) in [6, 6.07) is 19.7. The van der Waals surface area contributed by atoms with E-state index in [1.165, 1.54) is 0 Å². The van der Waals surface area contributed by atoms with E-state index in [1.54, 1.807) is 6.07 Å². The van der Waals surface area contributed by atoms with Gasteiger partial charge in [-0.25, -0.2) is 4.98 Å². The van der Waals surface area contributed by atoms with Crippen LogP contribution in [0, 0.1) is 0 Å². The summed E-state index contributed by atoms with van der Waals surface area (Å²) in [5.74, 6) is 0.597. The number of benzene rings is 3. The molecule has 1 heterocycles. The van der Waals surface area contributed by atoms with E-state index in [4.69, 9.17) is 0 Å². The third-order valence-corrected chi connectivity index (χ3v) is 4.25. The number of para-hydroxylation sites is 1. The molecule has 0 fully saturated rings. The molecule has 0 aliphatic rings. The van der Waals surface area contributed by atoms with Crippen molar-refractivity contribution in [1.29, 1.82) is 0 Å². The Labute approximate surface area is 139 Å². The smallest absolute Gasteiger partial charge is 0.259 e. The first kappa shape index (κ1) is 14.5. The molecule has 3 aromatic carbocycles. The van der Waals surface area contributed by atoms with Gasteiger partial charge in [-0.05, 0) is 29.7 Å². The maximum Gasteiger partial charge on any atom is 0.259 e. The molecule has 0 bridgehead atoms. The molecule has 0 atom stereocenters. The highest BCUT2D eigenvalue weighted by Gasteiger charge is 2.11. The molecule has 118 valence electrons. The molecule has 1 N–H and O–H groups in total. The Hall–Kier alpha value is -3.14. The van der Waals surface area contributed by atoms with Crippen molar-refractivity contribution in [3.63, 3.8) is 0 Å². The summed E-state index contributed by atoms with van der Waals surface area (Å²) in [7, 11) is 4.05. The number of nitrogens with zero attached hydrogens (tertiary/aromatic N) is 2. The molecule has 0 spiro atoms. The summed E-state index contributed by atoms with van der Waals surface area (Å²) >= 11 is 0. The van der Waals surface area contributed by atoms with Crippen LogP contribution in [-0.4, -0.2) is 24.1 Å². The molecule has 0 unspecified atom stereocenters. The second-order valence-corrected chi connectivity index (χ2v) is 6.00. The van der Waals surface area contributed by atoms with E-state index in [-0.39, 0.29) is 5.56 Å². The maximum atomic E-state index is 12.4. The molecule has 1 aromatic heterocycles. The van der Waals surface area contributed by atoms with E-state index in [0.29, 0.717) is 16.7 Å². The highest BCUT2D eigenvalue weighted by atomic mass is 16.1. The van der Waals surface area contributed by atoms with E-state index < -0.39 is 0 Å². The Kier molecular flexibility index (Phi) is 3.31. The molecule has 0 amide bonds. The predicted molar refractivity (Wildman–Crippen MR) is 99.6 cm³/mol. The van der Waals surface area contributed by atoms with Gasteiger partial charge in [0.1, 0.15) is 5.82 Å². The zero-order valence-corrected chi connectivity index (χ0v) is 13.6. The molecule has 0 saturated heterocycles. The third-order valence-electron chi connectivity index (χ3n) is 4.25. The Balaban J connectivity index is 2.04. The first-order valence-corrected chi connectivity index (χ1v) is 7.83. The van der Waals surface area contributed by atoms with Gasteiger partial charge in [0.2, 0.25) is 0 Å². The largest absolute Gasteiger partial charge is 0.377 e. The van der Waals surface area contributed by atoms with Gasteiger partial charge in [-0.15, -0.1) is 0 Å². The number of anilines is 1. The normalized spacial score (nSPS) is 11.1. The fourth-order valence-electron chi connectivity index (χ4n) is 3.09. The van der Waals surface area contributed by atoms with Gasteiger partial charge in [0, 0.05) is 30.7 Å². The van der Waals surface area contributed by atoms with Crippen LogP contribution >= 0.6 is 0 Å². The average molecular weight is 315 g/mol. The van der Waals surface area contributed by atoms with Crippen LogP contribution in [0.1, 0.15) is 0 Å². The summed E-state index contributed by atoms with van der Waals surface area (Å²) < 4.78 is 0. The van der Waals surface area contributed by atoms with Gasteiger partial charge in [0.05, 0.1) is 10.9 Å². The average Bonchev–Trinajstić information content (AvgIpc) is 2.60. The van der Waals surface area contributed by atoms with Crippen molar-refractivity contribution in [3.05, 3.63) is 71.0 Å². The molecule has 4 aromatic rings. The quantitative estimate of drug-likeness (QED) is 0.612. The van der Waals surface area contributed by atoms with Crippen molar-refractivity contribution in [2.75, 3.05) is 19.0 Å². The minimum atomic E-state index is -0.114. The van der Waals surface area contributed by atoms with Gasteiger partial charge in [-0.1, -0.05) is 36.4 Å². The van der Waals surface area contributed by atoms with Crippen LogP contribution in [0.15, 0.2) is 65.5 Å². The van der Waals surface area contributed by atoms with E-state index in [9.17, 15) is 4.79 Å². The van der Waals surface area contributed by atoms with Gasteiger partial charge in [0.15, 0.2) is 0 Å². The molecule has 0 saturated carbocycles. The van der Waals surface area contributed by atoms with Crippen LogP contribution in [0.3, 0.4) is 0 Å². The monoisotopic (exact) mass is 315 g/mol. The summed E-state index contributed by atoms with van der Waals surface area (Å²) in [4.78, 5) is 22.1. The van der Waals surface area contributed by atoms with E-state index in [1.807, 2.05) is 50.5 Å². The lowest BCUT2D eigenvalue weighted by molar-refractivity contribution is 1.14. The first-order valence-electron chi connectivity index (χ1n) is 7.83. The number of aromatic nitrogens is 2. The van der Waals surface area contributed by atoms with Crippen LogP contribution in [0.2, 0.25) is 0 Å². The molecule has 4 heteroatoms. The second kappa shape index (κ2) is 5.49. The van der Waals surface area contributed by atoms with Gasteiger partial charge >= 0.3 is 0 Å². The minimum absolute atomic E-state index is 0.114. The number of fused-ring (bicyclic) bond motifs is 2. The van der Waals surface area contributed by atoms with Crippen LogP contribution < -0.4 is 10.5 Å². The van der Waals surface area contributed by atoms with Crippen LogP contribution in [0.25, 0.3) is 33.1 Å². The van der Waals surface area contributed by atoms with Crippen molar-refractivity contribution in [1.82, 2.24) is 9.97 Å². The Morgan fingerprint density at radius 3 is 2.25 bits per heavy atom. The van der Waals surface area contributed by atoms with Crippen molar-refractivity contribution < 1.29 is 0 Å². The molecular weight excluding hydrogens is 298 g/mol. The summed E-state index contributed by atoms with van der Waals surface area (Å²) in [5, 5.41) is 2.81. The fraction of sp³-hybridized carbons (Fsp3) is 0.100. The SMILES string of the molecule is CN(C)c1ccc(-c2nc3ccccc3c(=O)[nH]2)c2ccccc12. The van der Waals surface area contributed by atoms with Crippen LogP contribution in [-0.2, 0) is 0 Å². The molecule has 4 rings (SSSR count). The Morgan fingerprint density at radius 2 is 1.50 bits per heavy atom. The zero-order chi connectivity index (χ0) is 16.7. The third kappa shape index (κ3) is 2.24. The van der Waals surface area contributed by atoms with Crippen LogP contribution in [0.5, 0.6) is 0 Å². The zero-order valence-electron chi connectivity index (χ0n) is 13.6. The second-order valence-electron chi connectivity index (χ2n) is 6.00. The lowest BCUT2D eigenvalue weighted by atomic mass is 10.0. The van der Waals surface area contributed by atoms with E-state index in [0.717, 1.165) is 22.0 Å². The topological polar surface area (TPSA) is 49.0 Å². The number of aromatic amines is 1. The summed E-state index contributed by atoms with van der Waals surface area (Å²) in [5.41, 5.74) is 2.66. The lowest BCUT2D eigenvalue weighted by Crippen LogP contribution is -2.11. The number of rotatable bonds is 2. The van der Waals surface area contributed by atoms with E-state index in [2.05, 4.69) is 33.1 Å². The predicted octanol–water partition coefficient (Wildman–Crippen LogP) is 3.81. The molecule has 0 aliphatic heterocycles. The summed E-state index contributed by atoms with van der Waals surface area (Å²) in [6.45, 7) is 0. The lowest BCUT2D eigenvalue weighted by Gasteiger charge is -2.17. The van der Waals surface area contributed by atoms with Gasteiger partial charge in [0.25, 0.3) is 5.56 Å². The van der Waals surface area contributed by atoms with Crippen molar-refractivity contribution in [2.24, 2.45) is 0 Å². The number of H-pyrrole nitrogens is 1. The van der Waals surface area contributed by atoms with Crippen molar-refractivity contribution >= 4 is 27.4 Å². The number of hydrogen-bond donors (Lipinski definition) is 1. The Morgan fingerprint density at radius 1 is 0.833 bits per heavy atom. The van der Waals surface area contributed by atoms with Gasteiger partial charge in [-0.3, -0.25) is 4.79 Å². The molecular formula is C20H17N3O. The van der Waals surface area contributed by atoms with Crippen molar-refractivity contribution in [3.8, 4) is 11.4 Å². The molecule has 0 radical (unpaired) electrons. The fourth-order valence-corrected chi connectivity index (χ4v) is 3.09. The van der Waals surface area contributed by atoms with Gasteiger partial charge < -0.3 is 9.88 Å². The minimum Gasteiger partial charge on any atom is -0.377 e. The highest BCUT2D eigenvalue weighted by Crippen LogP contribution is 2.32.